The molecule has 0 aliphatic rings. The van der Waals surface area contributed by atoms with E-state index in [0.29, 0.717) is 12.0 Å². The molecule has 2 rings (SSSR count). The lowest BCUT2D eigenvalue weighted by Crippen LogP contribution is -2.31. The molecule has 0 spiro atoms. The van der Waals surface area contributed by atoms with Crippen LogP contribution in [0, 0.1) is 6.92 Å². The molecule has 2 aromatic heterocycles. The highest BCUT2D eigenvalue weighted by Gasteiger charge is 2.39. The average Bonchev–Trinajstić information content (AvgIpc) is 3.05. The summed E-state index contributed by atoms with van der Waals surface area (Å²) in [6, 6.07) is 2.58. The van der Waals surface area contributed by atoms with Gasteiger partial charge >= 0.3 is 12.3 Å². The molecule has 0 aliphatic carbocycles. The Balaban J connectivity index is 2.33. The fourth-order valence-electron chi connectivity index (χ4n) is 2.20. The number of nitrogens with zero attached hydrogens (tertiary/aromatic N) is 5. The van der Waals surface area contributed by atoms with Gasteiger partial charge in [-0.25, -0.2) is 4.98 Å². The average molecular weight is 433 g/mol. The van der Waals surface area contributed by atoms with Crippen LogP contribution in [0.3, 0.4) is 0 Å². The number of hydrogen-bond acceptors (Lipinski definition) is 6. The molecular formula is C18H20F5N5O2. The molecule has 1 atom stereocenters. The lowest BCUT2D eigenvalue weighted by molar-refractivity contribution is -0.254. The molecule has 2 aromatic rings. The monoisotopic (exact) mass is 433 g/mol. The van der Waals surface area contributed by atoms with Crippen LogP contribution >= 0.6 is 0 Å². The van der Waals surface area contributed by atoms with Gasteiger partial charge in [-0.2, -0.15) is 22.0 Å². The predicted molar refractivity (Wildman–Crippen MR) is 99.0 cm³/mol. The molecule has 0 aromatic carbocycles. The van der Waals surface area contributed by atoms with Crippen molar-refractivity contribution in [3.63, 3.8) is 0 Å². The topological polar surface area (TPSA) is 74.4 Å². The Hall–Kier alpha value is -2.89. The van der Waals surface area contributed by atoms with E-state index in [0.717, 1.165) is 11.5 Å². The van der Waals surface area contributed by atoms with E-state index < -0.39 is 24.2 Å². The Labute approximate surface area is 169 Å². The maximum absolute atomic E-state index is 14.3. The molecule has 30 heavy (non-hydrogen) atoms. The molecule has 164 valence electrons. The molecule has 7 nitrogen and oxygen atoms in total. The summed E-state index contributed by atoms with van der Waals surface area (Å²) in [5.41, 5.74) is 0.405. The summed E-state index contributed by atoms with van der Waals surface area (Å²) < 4.78 is 76.7. The lowest BCUT2D eigenvalue weighted by atomic mass is 10.2. The van der Waals surface area contributed by atoms with Gasteiger partial charge in [0.15, 0.2) is 6.10 Å². The Kier molecular flexibility index (Phi) is 7.24. The van der Waals surface area contributed by atoms with Crippen molar-refractivity contribution in [2.45, 2.75) is 45.6 Å². The van der Waals surface area contributed by atoms with Crippen LogP contribution < -0.4 is 4.74 Å². The van der Waals surface area contributed by atoms with Crippen molar-refractivity contribution in [1.29, 1.82) is 0 Å². The Bertz CT molecular complexity index is 893. The molecule has 0 bridgehead atoms. The van der Waals surface area contributed by atoms with Crippen LogP contribution in [-0.2, 0) is 10.8 Å². The minimum atomic E-state index is -4.54. The van der Waals surface area contributed by atoms with Crippen LogP contribution in [0.25, 0.3) is 11.9 Å². The van der Waals surface area contributed by atoms with Gasteiger partial charge < -0.3 is 9.47 Å². The number of rotatable bonds is 9. The van der Waals surface area contributed by atoms with Crippen molar-refractivity contribution in [3.05, 3.63) is 35.5 Å². The zero-order chi connectivity index (χ0) is 22.5. The Morgan fingerprint density at radius 1 is 1.27 bits per heavy atom. The van der Waals surface area contributed by atoms with Crippen LogP contribution in [0.15, 0.2) is 23.3 Å². The fraction of sp³-hybridized carbons (Fsp3) is 0.444. The second kappa shape index (κ2) is 9.28. The highest BCUT2D eigenvalue weighted by atomic mass is 19.4. The quantitative estimate of drug-likeness (QED) is 0.432. The van der Waals surface area contributed by atoms with Crippen molar-refractivity contribution in [1.82, 2.24) is 19.7 Å². The zero-order valence-electron chi connectivity index (χ0n) is 16.5. The summed E-state index contributed by atoms with van der Waals surface area (Å²) >= 11 is 0. The van der Waals surface area contributed by atoms with Gasteiger partial charge in [-0.15, -0.1) is 10.2 Å². The molecule has 2 heterocycles. The zero-order valence-corrected chi connectivity index (χ0v) is 16.5. The number of pyridine rings is 1. The summed E-state index contributed by atoms with van der Waals surface area (Å²) in [6.45, 7) is 7.20. The van der Waals surface area contributed by atoms with E-state index in [1.54, 1.807) is 6.92 Å². The minimum absolute atomic E-state index is 0.105. The molecule has 0 fully saturated rings. The third-order valence-corrected chi connectivity index (χ3v) is 3.83. The van der Waals surface area contributed by atoms with Gasteiger partial charge in [-0.05, 0) is 33.1 Å². The fourth-order valence-corrected chi connectivity index (χ4v) is 2.20. The van der Waals surface area contributed by atoms with Crippen molar-refractivity contribution in [2.24, 2.45) is 4.99 Å². The molecule has 0 aliphatic heterocycles. The maximum Gasteiger partial charge on any atom is 0.425 e. The van der Waals surface area contributed by atoms with E-state index in [9.17, 15) is 22.0 Å². The summed E-state index contributed by atoms with van der Waals surface area (Å²) in [5, 5.41) is 7.13. The highest BCUT2D eigenvalue weighted by molar-refractivity contribution is 5.76. The first-order chi connectivity index (χ1) is 14.0. The largest absolute Gasteiger partial charge is 0.465 e. The van der Waals surface area contributed by atoms with Gasteiger partial charge in [0.2, 0.25) is 11.7 Å². The Morgan fingerprint density at radius 2 is 1.97 bits per heavy atom. The molecule has 0 unspecified atom stereocenters. The van der Waals surface area contributed by atoms with E-state index in [-0.39, 0.29) is 24.0 Å². The van der Waals surface area contributed by atoms with Gasteiger partial charge in [0.1, 0.15) is 5.82 Å². The SMILES string of the molecule is C=N/C(=C\n1c(C)nnc1C(F)(F)OCCC)c1ccc(O[C@@H](C)C(F)(F)F)nc1. The minimum Gasteiger partial charge on any atom is -0.465 e. The van der Waals surface area contributed by atoms with Crippen LogP contribution in [0.2, 0.25) is 0 Å². The number of aryl methyl sites for hydroxylation is 1. The number of hydrogen-bond donors (Lipinski definition) is 0. The first-order valence-corrected chi connectivity index (χ1v) is 8.81. The summed E-state index contributed by atoms with van der Waals surface area (Å²) in [5.74, 6) is -0.869. The number of halogens is 5. The van der Waals surface area contributed by atoms with E-state index in [1.807, 2.05) is 0 Å². The van der Waals surface area contributed by atoms with Crippen LogP contribution in [0.4, 0.5) is 22.0 Å². The molecule has 0 saturated carbocycles. The van der Waals surface area contributed by atoms with Crippen molar-refractivity contribution in [2.75, 3.05) is 6.61 Å². The highest BCUT2D eigenvalue weighted by Crippen LogP contribution is 2.30. The van der Waals surface area contributed by atoms with Crippen LogP contribution in [0.5, 0.6) is 5.88 Å². The summed E-state index contributed by atoms with van der Waals surface area (Å²) in [4.78, 5) is 7.58. The van der Waals surface area contributed by atoms with Gasteiger partial charge in [-0.1, -0.05) is 6.92 Å². The second-order valence-corrected chi connectivity index (χ2v) is 6.17. The van der Waals surface area contributed by atoms with Crippen LogP contribution in [-0.4, -0.2) is 45.4 Å². The number of aliphatic imine (C=N–C) groups is 1. The molecule has 12 heteroatoms. The molecule has 0 N–H and O–H groups in total. The normalized spacial score (nSPS) is 13.9. The van der Waals surface area contributed by atoms with Gasteiger partial charge in [0.05, 0.1) is 12.3 Å². The molecule has 0 amide bonds. The first-order valence-electron chi connectivity index (χ1n) is 8.81. The predicted octanol–water partition coefficient (Wildman–Crippen LogP) is 4.44. The molecule has 0 saturated heterocycles. The van der Waals surface area contributed by atoms with E-state index in [2.05, 4.69) is 31.6 Å². The third kappa shape index (κ3) is 5.59. The van der Waals surface area contributed by atoms with E-state index >= 15 is 0 Å². The number of alkyl halides is 5. The van der Waals surface area contributed by atoms with E-state index in [1.165, 1.54) is 31.5 Å². The van der Waals surface area contributed by atoms with Crippen molar-refractivity contribution < 1.29 is 31.4 Å². The van der Waals surface area contributed by atoms with Gasteiger partial charge in [0, 0.05) is 24.0 Å². The van der Waals surface area contributed by atoms with Crippen LogP contribution in [0.1, 0.15) is 37.5 Å². The van der Waals surface area contributed by atoms with Gasteiger partial charge in [-0.3, -0.25) is 9.56 Å². The summed E-state index contributed by atoms with van der Waals surface area (Å²) in [6.07, 6.45) is -7.51. The maximum atomic E-state index is 14.3. The summed E-state index contributed by atoms with van der Waals surface area (Å²) in [7, 11) is 0. The first kappa shape index (κ1) is 23.4. The van der Waals surface area contributed by atoms with Crippen molar-refractivity contribution in [3.8, 4) is 5.88 Å². The lowest BCUT2D eigenvalue weighted by Gasteiger charge is -2.17. The Morgan fingerprint density at radius 3 is 2.50 bits per heavy atom. The van der Waals surface area contributed by atoms with Gasteiger partial charge in [0.25, 0.3) is 0 Å². The standard InChI is InChI=1S/C18H20F5N5O2/c1-5-8-29-18(22,23)16-27-26-12(3)28(16)10-14(24-4)13-6-7-15(25-9-13)30-11(2)17(19,20)21/h6-7,9-11H,4-5,8H2,1-3H3/b14-10-/t11-/m0/s1. The molecular weight excluding hydrogens is 413 g/mol. The molecule has 0 radical (unpaired) electrons. The van der Waals surface area contributed by atoms with E-state index in [4.69, 9.17) is 4.74 Å². The number of aromatic nitrogens is 4. The third-order valence-electron chi connectivity index (χ3n) is 3.83. The smallest absolute Gasteiger partial charge is 0.425 e. The number of ether oxygens (including phenoxy) is 2. The second-order valence-electron chi connectivity index (χ2n) is 6.17. The van der Waals surface area contributed by atoms with Crippen molar-refractivity contribution >= 4 is 18.6 Å².